The predicted molar refractivity (Wildman–Crippen MR) is 87.2 cm³/mol. The number of nitrogens with zero attached hydrogens (tertiary/aromatic N) is 1. The van der Waals surface area contributed by atoms with Crippen LogP contribution < -0.4 is 10.5 Å². The van der Waals surface area contributed by atoms with E-state index in [4.69, 9.17) is 22.1 Å². The van der Waals surface area contributed by atoms with E-state index in [2.05, 4.69) is 4.98 Å². The number of nitrogen functional groups attached to an aromatic ring is 1. The van der Waals surface area contributed by atoms with Crippen LogP contribution in [0.1, 0.15) is 11.1 Å². The van der Waals surface area contributed by atoms with Crippen molar-refractivity contribution in [2.24, 2.45) is 0 Å². The summed E-state index contributed by atoms with van der Waals surface area (Å²) in [5, 5.41) is 1.59. The summed E-state index contributed by atoms with van der Waals surface area (Å²) in [5.74, 6) is 1.41. The van der Waals surface area contributed by atoms with Gasteiger partial charge in [0.25, 0.3) is 0 Å². The van der Waals surface area contributed by atoms with Crippen LogP contribution in [0.2, 0.25) is 5.02 Å². The van der Waals surface area contributed by atoms with E-state index in [1.54, 1.807) is 6.20 Å². The highest BCUT2D eigenvalue weighted by molar-refractivity contribution is 6.30. The molecule has 21 heavy (non-hydrogen) atoms. The Kier molecular flexibility index (Phi) is 3.43. The van der Waals surface area contributed by atoms with Gasteiger partial charge in [0, 0.05) is 10.4 Å². The Morgan fingerprint density at radius 2 is 1.71 bits per heavy atom. The molecule has 0 amide bonds. The maximum Gasteiger partial charge on any atom is 0.161 e. The van der Waals surface area contributed by atoms with Crippen LogP contribution in [0, 0.1) is 13.8 Å². The van der Waals surface area contributed by atoms with Crippen molar-refractivity contribution in [3.8, 4) is 11.5 Å². The van der Waals surface area contributed by atoms with Crippen molar-refractivity contribution in [3.63, 3.8) is 0 Å². The molecular formula is C17H15ClN2O. The zero-order valence-electron chi connectivity index (χ0n) is 11.9. The first-order valence-electron chi connectivity index (χ1n) is 6.64. The van der Waals surface area contributed by atoms with Crippen LogP contribution in [0.3, 0.4) is 0 Å². The molecule has 0 fully saturated rings. The van der Waals surface area contributed by atoms with E-state index in [-0.39, 0.29) is 0 Å². The molecular weight excluding hydrogens is 284 g/mol. The molecule has 0 spiro atoms. The number of benzene rings is 2. The Balaban J connectivity index is 2.17. The van der Waals surface area contributed by atoms with E-state index in [0.717, 1.165) is 27.8 Å². The molecule has 2 N–H and O–H groups in total. The number of fused-ring (bicyclic) bond motifs is 1. The van der Waals surface area contributed by atoms with Gasteiger partial charge in [-0.1, -0.05) is 23.7 Å². The van der Waals surface area contributed by atoms with Gasteiger partial charge in [-0.05, 0) is 49.2 Å². The van der Waals surface area contributed by atoms with Crippen LogP contribution in [-0.4, -0.2) is 4.98 Å². The molecule has 0 saturated carbocycles. The first-order chi connectivity index (χ1) is 10.1. The van der Waals surface area contributed by atoms with Crippen LogP contribution in [0.25, 0.3) is 10.9 Å². The van der Waals surface area contributed by atoms with E-state index in [1.165, 1.54) is 0 Å². The number of anilines is 1. The molecule has 0 saturated heterocycles. The van der Waals surface area contributed by atoms with Gasteiger partial charge < -0.3 is 10.5 Å². The fraction of sp³-hybridized carbons (Fsp3) is 0.118. The second-order valence-electron chi connectivity index (χ2n) is 5.03. The Morgan fingerprint density at radius 1 is 1.05 bits per heavy atom. The third kappa shape index (κ3) is 2.52. The summed E-state index contributed by atoms with van der Waals surface area (Å²) in [6, 6.07) is 11.5. The Bertz CT molecular complexity index is 807. The summed E-state index contributed by atoms with van der Waals surface area (Å²) in [5.41, 5.74) is 9.36. The molecule has 2 aromatic carbocycles. The molecule has 0 atom stereocenters. The van der Waals surface area contributed by atoms with Crippen molar-refractivity contribution >= 4 is 28.2 Å². The molecule has 3 rings (SSSR count). The molecule has 106 valence electrons. The monoisotopic (exact) mass is 298 g/mol. The summed E-state index contributed by atoms with van der Waals surface area (Å²) in [6.45, 7) is 3.93. The van der Waals surface area contributed by atoms with Gasteiger partial charge in [-0.2, -0.15) is 0 Å². The zero-order chi connectivity index (χ0) is 15.0. The minimum atomic E-state index is 0.516. The lowest BCUT2D eigenvalue weighted by molar-refractivity contribution is 0.482. The number of aromatic nitrogens is 1. The number of hydrogen-bond acceptors (Lipinski definition) is 3. The molecule has 0 aliphatic rings. The molecule has 3 aromatic rings. The minimum Gasteiger partial charge on any atom is -0.454 e. The lowest BCUT2D eigenvalue weighted by atomic mass is 10.1. The van der Waals surface area contributed by atoms with Gasteiger partial charge in [-0.25, -0.2) is 0 Å². The zero-order valence-corrected chi connectivity index (χ0v) is 12.6. The van der Waals surface area contributed by atoms with Crippen LogP contribution in [0.5, 0.6) is 11.5 Å². The number of nitrogens with two attached hydrogens (primary N) is 1. The van der Waals surface area contributed by atoms with Gasteiger partial charge in [-0.3, -0.25) is 4.98 Å². The SMILES string of the molecule is Cc1cc(Cl)cc(C)c1Oc1c(N)cnc2ccccc12. The topological polar surface area (TPSA) is 48.1 Å². The molecule has 4 heteroatoms. The van der Waals surface area contributed by atoms with Crippen molar-refractivity contribution in [1.82, 2.24) is 4.98 Å². The van der Waals surface area contributed by atoms with E-state index in [0.29, 0.717) is 16.5 Å². The Labute approximate surface area is 128 Å². The maximum atomic E-state index is 6.12. The fourth-order valence-electron chi connectivity index (χ4n) is 2.41. The van der Waals surface area contributed by atoms with Crippen molar-refractivity contribution in [2.45, 2.75) is 13.8 Å². The first-order valence-corrected chi connectivity index (χ1v) is 7.02. The summed E-state index contributed by atoms with van der Waals surface area (Å²) in [7, 11) is 0. The normalized spacial score (nSPS) is 10.8. The quantitative estimate of drug-likeness (QED) is 0.733. The molecule has 0 aliphatic carbocycles. The number of para-hydroxylation sites is 1. The smallest absolute Gasteiger partial charge is 0.161 e. The van der Waals surface area contributed by atoms with Gasteiger partial charge in [0.15, 0.2) is 5.75 Å². The highest BCUT2D eigenvalue weighted by Crippen LogP contribution is 2.37. The standard InChI is InChI=1S/C17H15ClN2O/c1-10-7-12(18)8-11(2)16(10)21-17-13-5-3-4-6-15(13)20-9-14(17)19/h3-9H,19H2,1-2H3. The third-order valence-corrected chi connectivity index (χ3v) is 3.60. The first kappa shape index (κ1) is 13.7. The van der Waals surface area contributed by atoms with Crippen LogP contribution in [0.15, 0.2) is 42.6 Å². The number of hydrogen-bond donors (Lipinski definition) is 1. The van der Waals surface area contributed by atoms with E-state index < -0.39 is 0 Å². The summed E-state index contributed by atoms with van der Waals surface area (Å²) in [4.78, 5) is 4.32. The third-order valence-electron chi connectivity index (χ3n) is 3.38. The molecule has 3 nitrogen and oxygen atoms in total. The predicted octanol–water partition coefficient (Wildman–Crippen LogP) is 4.88. The average Bonchev–Trinajstić information content (AvgIpc) is 2.44. The lowest BCUT2D eigenvalue weighted by Crippen LogP contribution is -1.97. The number of ether oxygens (including phenoxy) is 1. The molecule has 0 radical (unpaired) electrons. The molecule has 1 heterocycles. The number of aryl methyl sites for hydroxylation is 2. The Hall–Kier alpha value is -2.26. The van der Waals surface area contributed by atoms with Crippen molar-refractivity contribution in [1.29, 1.82) is 0 Å². The second-order valence-corrected chi connectivity index (χ2v) is 5.47. The maximum absolute atomic E-state index is 6.12. The van der Waals surface area contributed by atoms with E-state index in [1.807, 2.05) is 50.2 Å². The summed E-state index contributed by atoms with van der Waals surface area (Å²) >= 11 is 6.06. The highest BCUT2D eigenvalue weighted by atomic mass is 35.5. The van der Waals surface area contributed by atoms with Crippen LogP contribution in [-0.2, 0) is 0 Å². The Morgan fingerprint density at radius 3 is 2.43 bits per heavy atom. The summed E-state index contributed by atoms with van der Waals surface area (Å²) in [6.07, 6.45) is 1.62. The summed E-state index contributed by atoms with van der Waals surface area (Å²) < 4.78 is 6.12. The minimum absolute atomic E-state index is 0.516. The van der Waals surface area contributed by atoms with Crippen molar-refractivity contribution < 1.29 is 4.74 Å². The average molecular weight is 299 g/mol. The van der Waals surface area contributed by atoms with Gasteiger partial charge >= 0.3 is 0 Å². The lowest BCUT2D eigenvalue weighted by Gasteiger charge is -2.15. The van der Waals surface area contributed by atoms with Gasteiger partial charge in [-0.15, -0.1) is 0 Å². The second kappa shape index (κ2) is 5.26. The van der Waals surface area contributed by atoms with Gasteiger partial charge in [0.05, 0.1) is 17.4 Å². The van der Waals surface area contributed by atoms with Crippen LogP contribution >= 0.6 is 11.6 Å². The molecule has 1 aromatic heterocycles. The van der Waals surface area contributed by atoms with E-state index >= 15 is 0 Å². The number of halogens is 1. The van der Waals surface area contributed by atoms with Crippen molar-refractivity contribution in [2.75, 3.05) is 5.73 Å². The fourth-order valence-corrected chi connectivity index (χ4v) is 2.73. The highest BCUT2D eigenvalue weighted by Gasteiger charge is 2.12. The van der Waals surface area contributed by atoms with Crippen LogP contribution in [0.4, 0.5) is 5.69 Å². The van der Waals surface area contributed by atoms with Gasteiger partial charge in [0.2, 0.25) is 0 Å². The van der Waals surface area contributed by atoms with Crippen molar-refractivity contribution in [3.05, 3.63) is 58.7 Å². The molecule has 0 unspecified atom stereocenters. The number of rotatable bonds is 2. The number of pyridine rings is 1. The molecule has 0 bridgehead atoms. The van der Waals surface area contributed by atoms with Gasteiger partial charge in [0.1, 0.15) is 5.75 Å². The molecule has 0 aliphatic heterocycles. The largest absolute Gasteiger partial charge is 0.454 e. The van der Waals surface area contributed by atoms with E-state index in [9.17, 15) is 0 Å².